The number of aliphatic hydroxyl groups excluding tert-OH is 3. The number of hydrogen-bond acceptors (Lipinski definition) is 9. The van der Waals surface area contributed by atoms with Crippen molar-refractivity contribution >= 4 is 17.3 Å². The van der Waals surface area contributed by atoms with Crippen LogP contribution in [0, 0.1) is 0 Å². The molecule has 0 spiro atoms. The molecule has 0 unspecified atom stereocenters. The largest absolute Gasteiger partial charge is 0.460 e. The Morgan fingerprint density at radius 1 is 1.00 bits per heavy atom. The number of ether oxygens (including phenoxy) is 3. The van der Waals surface area contributed by atoms with E-state index in [1.54, 1.807) is 24.3 Å². The van der Waals surface area contributed by atoms with Crippen LogP contribution < -0.4 is 10.5 Å². The van der Waals surface area contributed by atoms with E-state index in [2.05, 4.69) is 0 Å². The highest BCUT2D eigenvalue weighted by Gasteiger charge is 2.46. The van der Waals surface area contributed by atoms with Gasteiger partial charge < -0.3 is 35.3 Å². The Hall–Kier alpha value is -2.82. The number of benzene rings is 2. The van der Waals surface area contributed by atoms with Gasteiger partial charge >= 0.3 is 0 Å². The van der Waals surface area contributed by atoms with Crippen LogP contribution in [0.4, 0.5) is 5.69 Å². The molecule has 0 bridgehead atoms. The molecule has 0 amide bonds. The Morgan fingerprint density at radius 2 is 1.67 bits per heavy atom. The monoisotopic (exact) mass is 415 g/mol. The van der Waals surface area contributed by atoms with Crippen LogP contribution in [0.3, 0.4) is 0 Å². The van der Waals surface area contributed by atoms with Gasteiger partial charge in [-0.1, -0.05) is 24.3 Å². The Bertz CT molecular complexity index is 1000. The summed E-state index contributed by atoms with van der Waals surface area (Å²) in [5.41, 5.74) is 6.78. The van der Waals surface area contributed by atoms with Gasteiger partial charge in [0.05, 0.1) is 17.9 Å². The minimum atomic E-state index is -1.51. The van der Waals surface area contributed by atoms with E-state index in [0.717, 1.165) is 0 Å². The number of rotatable bonds is 4. The molecule has 5 atom stereocenters. The van der Waals surface area contributed by atoms with E-state index < -0.39 is 43.1 Å². The summed E-state index contributed by atoms with van der Waals surface area (Å²) in [6.07, 6.45) is -6.19. The van der Waals surface area contributed by atoms with Crippen LogP contribution in [0.5, 0.6) is 5.75 Å². The number of carbonyl (C=O) groups is 2. The van der Waals surface area contributed by atoms with Gasteiger partial charge in [-0.2, -0.15) is 0 Å². The Balaban J connectivity index is 1.68. The van der Waals surface area contributed by atoms with Crippen molar-refractivity contribution in [3.05, 3.63) is 58.7 Å². The van der Waals surface area contributed by atoms with Crippen molar-refractivity contribution in [2.75, 3.05) is 19.5 Å². The van der Waals surface area contributed by atoms with Crippen molar-refractivity contribution in [3.63, 3.8) is 0 Å². The fourth-order valence-corrected chi connectivity index (χ4v) is 3.86. The zero-order valence-electron chi connectivity index (χ0n) is 16.0. The number of nitrogen functional groups attached to an aromatic ring is 1. The number of hydrogen-bond donors (Lipinski definition) is 4. The van der Waals surface area contributed by atoms with Crippen LogP contribution in [0.2, 0.25) is 0 Å². The summed E-state index contributed by atoms with van der Waals surface area (Å²) in [4.78, 5) is 25.7. The van der Waals surface area contributed by atoms with Crippen LogP contribution in [0.25, 0.3) is 0 Å². The summed E-state index contributed by atoms with van der Waals surface area (Å²) >= 11 is 0. The van der Waals surface area contributed by atoms with Gasteiger partial charge in [-0.3, -0.25) is 9.59 Å². The van der Waals surface area contributed by atoms with Gasteiger partial charge in [0.25, 0.3) is 0 Å². The third-order valence-corrected chi connectivity index (χ3v) is 5.43. The summed E-state index contributed by atoms with van der Waals surface area (Å²) < 4.78 is 16.2. The molecule has 2 aromatic carbocycles. The second-order valence-electron chi connectivity index (χ2n) is 7.13. The minimum Gasteiger partial charge on any atom is -0.460 e. The number of nitrogens with two attached hydrogens (primary N) is 1. The molecule has 158 valence electrons. The fraction of sp³-hybridized carbons (Fsp3) is 0.333. The lowest BCUT2D eigenvalue weighted by molar-refractivity contribution is -0.281. The predicted molar refractivity (Wildman–Crippen MR) is 103 cm³/mol. The van der Waals surface area contributed by atoms with Crippen molar-refractivity contribution in [1.82, 2.24) is 0 Å². The first-order valence-corrected chi connectivity index (χ1v) is 9.31. The standard InChI is InChI=1S/C21H21NO8/c1-28-20-13(8-23)30-21(19(27)18(20)26)29-12-7-6-11-14(15(12)22)17(25)10-5-3-2-4-9(10)16(11)24/h2-7,13,18-21,23,26-27H,8,22H2,1H3/t13-,18-,19-,20-,21-/m1/s1. The van der Waals surface area contributed by atoms with Gasteiger partial charge in [0.15, 0.2) is 11.6 Å². The maximum Gasteiger partial charge on any atom is 0.229 e. The first-order chi connectivity index (χ1) is 14.4. The van der Waals surface area contributed by atoms with E-state index in [4.69, 9.17) is 19.9 Å². The first kappa shape index (κ1) is 20.5. The molecule has 1 aliphatic heterocycles. The lowest BCUT2D eigenvalue weighted by Gasteiger charge is -2.41. The predicted octanol–water partition coefficient (Wildman–Crippen LogP) is -0.123. The number of methoxy groups -OCH3 is 1. The van der Waals surface area contributed by atoms with E-state index >= 15 is 0 Å². The highest BCUT2D eigenvalue weighted by Crippen LogP contribution is 2.37. The maximum atomic E-state index is 13.0. The van der Waals surface area contributed by atoms with Gasteiger partial charge in [0.1, 0.15) is 30.2 Å². The number of aliphatic hydroxyl groups is 3. The SMILES string of the molecule is CO[C@H]1[C@H](O)[C@@H](O)[C@H](Oc2ccc3c(c2N)C(=O)c2ccccc2C3=O)O[C@@H]1CO. The molecule has 1 aliphatic carbocycles. The van der Waals surface area contributed by atoms with Crippen molar-refractivity contribution in [2.24, 2.45) is 0 Å². The highest BCUT2D eigenvalue weighted by atomic mass is 16.7. The summed E-state index contributed by atoms with van der Waals surface area (Å²) in [6, 6.07) is 9.27. The normalized spacial score (nSPS) is 28.1. The summed E-state index contributed by atoms with van der Waals surface area (Å²) in [6.45, 7) is -0.481. The average molecular weight is 415 g/mol. The van der Waals surface area contributed by atoms with Crippen molar-refractivity contribution in [3.8, 4) is 5.75 Å². The molecule has 1 saturated heterocycles. The number of ketones is 2. The van der Waals surface area contributed by atoms with E-state index in [0.29, 0.717) is 5.56 Å². The third-order valence-electron chi connectivity index (χ3n) is 5.43. The molecule has 2 aromatic rings. The van der Waals surface area contributed by atoms with Crippen LogP contribution in [-0.4, -0.2) is 71.3 Å². The topological polar surface area (TPSA) is 149 Å². The maximum absolute atomic E-state index is 13.0. The average Bonchev–Trinajstić information content (AvgIpc) is 2.76. The molecule has 4 rings (SSSR count). The van der Waals surface area contributed by atoms with Gasteiger partial charge in [-0.15, -0.1) is 0 Å². The van der Waals surface area contributed by atoms with Crippen molar-refractivity contribution in [2.45, 2.75) is 30.7 Å². The van der Waals surface area contributed by atoms with Gasteiger partial charge in [0.2, 0.25) is 6.29 Å². The molecule has 9 heteroatoms. The lowest BCUT2D eigenvalue weighted by Crippen LogP contribution is -2.60. The van der Waals surface area contributed by atoms with Crippen LogP contribution >= 0.6 is 0 Å². The smallest absolute Gasteiger partial charge is 0.229 e. The van der Waals surface area contributed by atoms with Crippen LogP contribution in [-0.2, 0) is 9.47 Å². The Morgan fingerprint density at radius 3 is 2.30 bits per heavy atom. The highest BCUT2D eigenvalue weighted by molar-refractivity contribution is 6.30. The van der Waals surface area contributed by atoms with Crippen LogP contribution in [0.1, 0.15) is 31.8 Å². The molecule has 30 heavy (non-hydrogen) atoms. The molecule has 9 nitrogen and oxygen atoms in total. The Labute approximate surface area is 171 Å². The van der Waals surface area contributed by atoms with Gasteiger partial charge in [-0.05, 0) is 12.1 Å². The molecule has 0 radical (unpaired) electrons. The number of carbonyl (C=O) groups excluding carboxylic acids is 2. The fourth-order valence-electron chi connectivity index (χ4n) is 3.86. The molecular formula is C21H21NO8. The lowest BCUT2D eigenvalue weighted by atomic mass is 9.83. The first-order valence-electron chi connectivity index (χ1n) is 9.31. The molecule has 5 N–H and O–H groups in total. The zero-order valence-corrected chi connectivity index (χ0v) is 16.0. The second-order valence-corrected chi connectivity index (χ2v) is 7.13. The van der Waals surface area contributed by atoms with Crippen molar-refractivity contribution < 1.29 is 39.1 Å². The number of fused-ring (bicyclic) bond motifs is 2. The molecule has 0 aromatic heterocycles. The second kappa shape index (κ2) is 7.78. The molecule has 1 fully saturated rings. The number of anilines is 1. The summed E-state index contributed by atoms with van der Waals surface area (Å²) in [7, 11) is 1.32. The van der Waals surface area contributed by atoms with Gasteiger partial charge in [-0.25, -0.2) is 0 Å². The Kier molecular flexibility index (Phi) is 5.31. The minimum absolute atomic E-state index is 0.00177. The molecular weight excluding hydrogens is 394 g/mol. The van der Waals surface area contributed by atoms with E-state index in [9.17, 15) is 24.9 Å². The molecule has 0 saturated carbocycles. The van der Waals surface area contributed by atoms with Gasteiger partial charge in [0, 0.05) is 23.8 Å². The molecule has 2 aliphatic rings. The van der Waals surface area contributed by atoms with E-state index in [1.807, 2.05) is 0 Å². The van der Waals surface area contributed by atoms with Crippen LogP contribution in [0.15, 0.2) is 36.4 Å². The molecule has 1 heterocycles. The zero-order chi connectivity index (χ0) is 21.6. The van der Waals surface area contributed by atoms with E-state index in [-0.39, 0.29) is 33.9 Å². The summed E-state index contributed by atoms with van der Waals surface area (Å²) in [5, 5.41) is 30.1. The van der Waals surface area contributed by atoms with Crippen molar-refractivity contribution in [1.29, 1.82) is 0 Å². The quantitative estimate of drug-likeness (QED) is 0.428. The van der Waals surface area contributed by atoms with E-state index in [1.165, 1.54) is 19.2 Å². The third kappa shape index (κ3) is 3.08. The summed E-state index contributed by atoms with van der Waals surface area (Å²) in [5.74, 6) is -0.745.